The number of benzene rings is 1. The molecule has 0 fully saturated rings. The van der Waals surface area contributed by atoms with E-state index in [0.29, 0.717) is 0 Å². The molecule has 1 rings (SSSR count). The van der Waals surface area contributed by atoms with Gasteiger partial charge in [0.15, 0.2) is 0 Å². The van der Waals surface area contributed by atoms with E-state index in [0.717, 1.165) is 6.54 Å². The summed E-state index contributed by atoms with van der Waals surface area (Å²) in [5, 5.41) is 3.35. The summed E-state index contributed by atoms with van der Waals surface area (Å²) < 4.78 is 5.19. The van der Waals surface area contributed by atoms with E-state index >= 15 is 0 Å². The predicted octanol–water partition coefficient (Wildman–Crippen LogP) is 3.48. The monoisotopic (exact) mass is 221 g/mol. The van der Waals surface area contributed by atoms with Crippen LogP contribution in [0, 0.1) is 0 Å². The Labute approximate surface area is 99.0 Å². The number of ether oxygens (including phenoxy) is 1. The second-order valence-electron chi connectivity index (χ2n) is 4.23. The van der Waals surface area contributed by atoms with E-state index in [1.807, 2.05) is 0 Å². The maximum absolute atomic E-state index is 5.19. The highest BCUT2D eigenvalue weighted by Gasteiger charge is 1.99. The third kappa shape index (κ3) is 4.67. The quantitative estimate of drug-likeness (QED) is 0.761. The van der Waals surface area contributed by atoms with Crippen LogP contribution in [0.5, 0.6) is 0 Å². The Hall–Kier alpha value is -1.02. The molecule has 0 saturated carbocycles. The molecule has 0 saturated heterocycles. The minimum atomic E-state index is 0.250. The lowest BCUT2D eigenvalue weighted by atomic mass is 10.1. The zero-order chi connectivity index (χ0) is 11.8. The number of nitrogens with one attached hydrogen (secondary N) is 1. The lowest BCUT2D eigenvalue weighted by Crippen LogP contribution is -2.17. The predicted molar refractivity (Wildman–Crippen MR) is 70.0 cm³/mol. The third-order valence-electron chi connectivity index (χ3n) is 2.77. The minimum Gasteiger partial charge on any atom is -0.382 e. The van der Waals surface area contributed by atoms with Crippen molar-refractivity contribution >= 4 is 5.69 Å². The maximum Gasteiger partial charge on any atom is 0.0715 e. The van der Waals surface area contributed by atoms with Gasteiger partial charge in [-0.1, -0.05) is 25.5 Å². The number of aryl methyl sites for hydroxylation is 1. The van der Waals surface area contributed by atoms with Crippen LogP contribution in [-0.4, -0.2) is 19.8 Å². The van der Waals surface area contributed by atoms with Crippen LogP contribution < -0.4 is 5.32 Å². The van der Waals surface area contributed by atoms with Gasteiger partial charge < -0.3 is 10.1 Å². The zero-order valence-electron chi connectivity index (χ0n) is 10.6. The topological polar surface area (TPSA) is 21.3 Å². The van der Waals surface area contributed by atoms with Crippen molar-refractivity contribution in [2.75, 3.05) is 19.0 Å². The van der Waals surface area contributed by atoms with E-state index in [1.54, 1.807) is 7.11 Å². The number of hydrogen-bond donors (Lipinski definition) is 1. The molecule has 16 heavy (non-hydrogen) atoms. The molecule has 2 nitrogen and oxygen atoms in total. The Morgan fingerprint density at radius 1 is 1.25 bits per heavy atom. The van der Waals surface area contributed by atoms with Crippen LogP contribution in [0.3, 0.4) is 0 Å². The lowest BCUT2D eigenvalue weighted by Gasteiger charge is -2.12. The Kier molecular flexibility index (Phi) is 5.94. The molecule has 0 aliphatic carbocycles. The molecule has 0 aliphatic rings. The average molecular weight is 221 g/mol. The first-order valence-corrected chi connectivity index (χ1v) is 6.12. The van der Waals surface area contributed by atoms with Crippen molar-refractivity contribution in [1.29, 1.82) is 0 Å². The molecule has 90 valence electrons. The number of hydrogen-bond acceptors (Lipinski definition) is 2. The van der Waals surface area contributed by atoms with Crippen LogP contribution in [0.4, 0.5) is 5.69 Å². The van der Waals surface area contributed by atoms with Gasteiger partial charge >= 0.3 is 0 Å². The van der Waals surface area contributed by atoms with Gasteiger partial charge in [-0.3, -0.25) is 0 Å². The van der Waals surface area contributed by atoms with Crippen LogP contribution in [0.15, 0.2) is 24.3 Å². The average Bonchev–Trinajstić information content (AvgIpc) is 2.34. The van der Waals surface area contributed by atoms with Crippen molar-refractivity contribution in [2.45, 2.75) is 39.2 Å². The maximum atomic E-state index is 5.19. The first kappa shape index (κ1) is 13.0. The van der Waals surface area contributed by atoms with Gasteiger partial charge in [-0.2, -0.15) is 0 Å². The number of anilines is 1. The highest BCUT2D eigenvalue weighted by atomic mass is 16.5. The van der Waals surface area contributed by atoms with Gasteiger partial charge in [0.1, 0.15) is 0 Å². The van der Waals surface area contributed by atoms with Crippen LogP contribution in [-0.2, 0) is 11.2 Å². The zero-order valence-corrected chi connectivity index (χ0v) is 10.6. The van der Waals surface area contributed by atoms with Gasteiger partial charge in [0, 0.05) is 19.3 Å². The van der Waals surface area contributed by atoms with Crippen molar-refractivity contribution in [3.8, 4) is 0 Å². The molecular formula is C14H23NO. The summed E-state index contributed by atoms with van der Waals surface area (Å²) in [6, 6.07) is 8.70. The van der Waals surface area contributed by atoms with Crippen molar-refractivity contribution < 1.29 is 4.74 Å². The molecule has 0 radical (unpaired) electrons. The molecule has 0 aromatic heterocycles. The summed E-state index contributed by atoms with van der Waals surface area (Å²) >= 11 is 0. The van der Waals surface area contributed by atoms with Gasteiger partial charge in [0.05, 0.1) is 6.10 Å². The Morgan fingerprint density at radius 2 is 1.94 bits per heavy atom. The molecule has 0 bridgehead atoms. The van der Waals surface area contributed by atoms with Crippen molar-refractivity contribution in [2.24, 2.45) is 0 Å². The van der Waals surface area contributed by atoms with Crippen LogP contribution in [0.25, 0.3) is 0 Å². The van der Waals surface area contributed by atoms with Crippen molar-refractivity contribution in [3.05, 3.63) is 29.8 Å². The molecule has 0 heterocycles. The van der Waals surface area contributed by atoms with E-state index in [9.17, 15) is 0 Å². The van der Waals surface area contributed by atoms with Gasteiger partial charge in [-0.15, -0.1) is 0 Å². The summed E-state index contributed by atoms with van der Waals surface area (Å²) in [6.45, 7) is 5.13. The number of rotatable bonds is 7. The highest BCUT2D eigenvalue weighted by molar-refractivity contribution is 5.44. The van der Waals surface area contributed by atoms with E-state index < -0.39 is 0 Å². The van der Waals surface area contributed by atoms with Gasteiger partial charge in [-0.25, -0.2) is 0 Å². The number of methoxy groups -OCH3 is 1. The molecule has 2 heteroatoms. The second kappa shape index (κ2) is 7.29. The third-order valence-corrected chi connectivity index (χ3v) is 2.77. The van der Waals surface area contributed by atoms with Gasteiger partial charge in [0.2, 0.25) is 0 Å². The van der Waals surface area contributed by atoms with Crippen molar-refractivity contribution in [1.82, 2.24) is 0 Å². The SMILES string of the molecule is CCCCc1ccc(NCC(C)OC)cc1. The van der Waals surface area contributed by atoms with E-state index in [1.165, 1.54) is 30.5 Å². The molecule has 1 atom stereocenters. The summed E-state index contributed by atoms with van der Waals surface area (Å²) in [5.41, 5.74) is 2.59. The van der Waals surface area contributed by atoms with E-state index in [2.05, 4.69) is 43.4 Å². The molecule has 1 aromatic carbocycles. The smallest absolute Gasteiger partial charge is 0.0715 e. The summed E-state index contributed by atoms with van der Waals surface area (Å²) in [6.07, 6.45) is 3.96. The molecular weight excluding hydrogens is 198 g/mol. The fourth-order valence-corrected chi connectivity index (χ4v) is 1.52. The van der Waals surface area contributed by atoms with Crippen LogP contribution in [0.2, 0.25) is 0 Å². The fourth-order valence-electron chi connectivity index (χ4n) is 1.52. The second-order valence-corrected chi connectivity index (χ2v) is 4.23. The molecule has 0 spiro atoms. The first-order chi connectivity index (χ1) is 7.76. The van der Waals surface area contributed by atoms with E-state index in [4.69, 9.17) is 4.74 Å². The molecule has 1 aromatic rings. The molecule has 1 unspecified atom stereocenters. The Balaban J connectivity index is 2.38. The lowest BCUT2D eigenvalue weighted by molar-refractivity contribution is 0.129. The largest absolute Gasteiger partial charge is 0.382 e. The number of unbranched alkanes of at least 4 members (excludes halogenated alkanes) is 1. The first-order valence-electron chi connectivity index (χ1n) is 6.12. The summed E-state index contributed by atoms with van der Waals surface area (Å²) in [5.74, 6) is 0. The van der Waals surface area contributed by atoms with E-state index in [-0.39, 0.29) is 6.10 Å². The van der Waals surface area contributed by atoms with Crippen LogP contribution in [0.1, 0.15) is 32.3 Å². The van der Waals surface area contributed by atoms with Crippen LogP contribution >= 0.6 is 0 Å². The molecule has 0 aliphatic heterocycles. The molecule has 0 amide bonds. The summed E-state index contributed by atoms with van der Waals surface area (Å²) in [4.78, 5) is 0. The van der Waals surface area contributed by atoms with Gasteiger partial charge in [-0.05, 0) is 37.5 Å². The highest BCUT2D eigenvalue weighted by Crippen LogP contribution is 2.11. The Bertz CT molecular complexity index is 281. The Morgan fingerprint density at radius 3 is 2.50 bits per heavy atom. The van der Waals surface area contributed by atoms with Crippen molar-refractivity contribution in [3.63, 3.8) is 0 Å². The normalized spacial score (nSPS) is 12.4. The minimum absolute atomic E-state index is 0.250. The fraction of sp³-hybridized carbons (Fsp3) is 0.571. The van der Waals surface area contributed by atoms with Gasteiger partial charge in [0.25, 0.3) is 0 Å². The molecule has 1 N–H and O–H groups in total. The standard InChI is InChI=1S/C14H23NO/c1-4-5-6-13-7-9-14(10-8-13)15-11-12(2)16-3/h7-10,12,15H,4-6,11H2,1-3H3. The summed E-state index contributed by atoms with van der Waals surface area (Å²) in [7, 11) is 1.74.